The number of unbranched alkanes of at least 4 members (excludes halogenated alkanes) is 2. The summed E-state index contributed by atoms with van der Waals surface area (Å²) in [6.45, 7) is 4.31. The van der Waals surface area contributed by atoms with E-state index >= 15 is 0 Å². The van der Waals surface area contributed by atoms with E-state index in [-0.39, 0.29) is 6.10 Å². The van der Waals surface area contributed by atoms with Gasteiger partial charge in [-0.2, -0.15) is 0 Å². The molecule has 84 valence electrons. The zero-order chi connectivity index (χ0) is 11.1. The molecule has 0 heterocycles. The van der Waals surface area contributed by atoms with E-state index in [1.165, 1.54) is 19.3 Å². The predicted octanol–water partition coefficient (Wildman–Crippen LogP) is 3.62. The monoisotopic (exact) mass is 207 g/mol. The molecule has 0 amide bonds. The first kappa shape index (κ1) is 11.9. The molecule has 2 nitrogen and oxygen atoms in total. The molecule has 2 heteroatoms. The molecule has 0 aromatic heterocycles. The molecule has 0 aliphatic carbocycles. The summed E-state index contributed by atoms with van der Waals surface area (Å²) < 4.78 is 5.77. The van der Waals surface area contributed by atoms with Gasteiger partial charge in [-0.3, -0.25) is 0 Å². The van der Waals surface area contributed by atoms with Crippen LogP contribution in [0.5, 0.6) is 5.75 Å². The van der Waals surface area contributed by atoms with Gasteiger partial charge < -0.3 is 10.5 Å². The number of para-hydroxylation sites is 2. The summed E-state index contributed by atoms with van der Waals surface area (Å²) in [7, 11) is 0. The Hall–Kier alpha value is -1.18. The van der Waals surface area contributed by atoms with Crippen molar-refractivity contribution in [2.75, 3.05) is 5.73 Å². The van der Waals surface area contributed by atoms with E-state index in [0.29, 0.717) is 0 Å². The normalized spacial score (nSPS) is 12.4. The molecule has 15 heavy (non-hydrogen) atoms. The minimum atomic E-state index is 0.251. The molecule has 0 fully saturated rings. The molecule has 1 unspecified atom stereocenters. The quantitative estimate of drug-likeness (QED) is 0.571. The van der Waals surface area contributed by atoms with Gasteiger partial charge >= 0.3 is 0 Å². The van der Waals surface area contributed by atoms with E-state index in [4.69, 9.17) is 10.5 Å². The van der Waals surface area contributed by atoms with Crippen LogP contribution in [0.15, 0.2) is 24.3 Å². The molecular weight excluding hydrogens is 186 g/mol. The fraction of sp³-hybridized carbons (Fsp3) is 0.538. The number of benzene rings is 1. The van der Waals surface area contributed by atoms with Crippen LogP contribution in [-0.4, -0.2) is 6.10 Å². The first-order chi connectivity index (χ1) is 7.24. The molecule has 1 aromatic rings. The molecule has 0 radical (unpaired) electrons. The highest BCUT2D eigenvalue weighted by atomic mass is 16.5. The van der Waals surface area contributed by atoms with Gasteiger partial charge in [0.1, 0.15) is 5.75 Å². The van der Waals surface area contributed by atoms with Gasteiger partial charge in [0.15, 0.2) is 0 Å². The van der Waals surface area contributed by atoms with Crippen LogP contribution < -0.4 is 10.5 Å². The maximum Gasteiger partial charge on any atom is 0.142 e. The largest absolute Gasteiger partial charge is 0.489 e. The Labute approximate surface area is 92.4 Å². The summed E-state index contributed by atoms with van der Waals surface area (Å²) in [4.78, 5) is 0. The van der Waals surface area contributed by atoms with Gasteiger partial charge in [0, 0.05) is 0 Å². The van der Waals surface area contributed by atoms with Crippen molar-refractivity contribution in [2.24, 2.45) is 0 Å². The lowest BCUT2D eigenvalue weighted by Gasteiger charge is -2.15. The maximum absolute atomic E-state index is 5.80. The summed E-state index contributed by atoms with van der Waals surface area (Å²) in [6, 6.07) is 7.66. The third kappa shape index (κ3) is 4.24. The van der Waals surface area contributed by atoms with E-state index in [2.05, 4.69) is 13.8 Å². The number of nitrogens with two attached hydrogens (primary N) is 1. The predicted molar refractivity (Wildman–Crippen MR) is 65.1 cm³/mol. The maximum atomic E-state index is 5.80. The number of hydrogen-bond donors (Lipinski definition) is 1. The van der Waals surface area contributed by atoms with E-state index in [1.807, 2.05) is 24.3 Å². The third-order valence-corrected chi connectivity index (χ3v) is 2.46. The third-order valence-electron chi connectivity index (χ3n) is 2.46. The molecule has 1 atom stereocenters. The van der Waals surface area contributed by atoms with E-state index in [0.717, 1.165) is 17.9 Å². The summed E-state index contributed by atoms with van der Waals surface area (Å²) in [6.07, 6.45) is 5.10. The highest BCUT2D eigenvalue weighted by Gasteiger charge is 2.05. The van der Waals surface area contributed by atoms with Crippen LogP contribution in [0, 0.1) is 0 Å². The topological polar surface area (TPSA) is 35.2 Å². The highest BCUT2D eigenvalue weighted by molar-refractivity contribution is 5.51. The van der Waals surface area contributed by atoms with Crippen LogP contribution in [0.4, 0.5) is 5.69 Å². The van der Waals surface area contributed by atoms with Gasteiger partial charge in [0.05, 0.1) is 11.8 Å². The van der Waals surface area contributed by atoms with E-state index in [9.17, 15) is 0 Å². The number of hydrogen-bond acceptors (Lipinski definition) is 2. The fourth-order valence-corrected chi connectivity index (χ4v) is 1.55. The van der Waals surface area contributed by atoms with Crippen LogP contribution in [0.25, 0.3) is 0 Å². The highest BCUT2D eigenvalue weighted by Crippen LogP contribution is 2.22. The van der Waals surface area contributed by atoms with Crippen molar-refractivity contribution in [3.05, 3.63) is 24.3 Å². The molecule has 2 N–H and O–H groups in total. The lowest BCUT2D eigenvalue weighted by molar-refractivity contribution is 0.208. The summed E-state index contributed by atoms with van der Waals surface area (Å²) in [5.41, 5.74) is 6.52. The second kappa shape index (κ2) is 6.33. The standard InChI is InChI=1S/C13H21NO/c1-3-4-5-8-11(2)15-13-10-7-6-9-12(13)14/h6-7,9-11H,3-5,8,14H2,1-2H3. The van der Waals surface area contributed by atoms with Crippen molar-refractivity contribution in [2.45, 2.75) is 45.6 Å². The molecule has 1 aromatic carbocycles. The summed E-state index contributed by atoms with van der Waals surface area (Å²) in [5, 5.41) is 0. The minimum Gasteiger partial charge on any atom is -0.489 e. The molecule has 0 aliphatic heterocycles. The summed E-state index contributed by atoms with van der Waals surface area (Å²) >= 11 is 0. The Balaban J connectivity index is 2.37. The Morgan fingerprint density at radius 3 is 2.67 bits per heavy atom. The minimum absolute atomic E-state index is 0.251. The smallest absolute Gasteiger partial charge is 0.142 e. The average molecular weight is 207 g/mol. The van der Waals surface area contributed by atoms with Crippen molar-refractivity contribution < 1.29 is 4.74 Å². The summed E-state index contributed by atoms with van der Waals surface area (Å²) in [5.74, 6) is 0.807. The Morgan fingerprint density at radius 1 is 1.27 bits per heavy atom. The Kier molecular flexibility index (Phi) is 5.02. The van der Waals surface area contributed by atoms with Crippen molar-refractivity contribution in [3.63, 3.8) is 0 Å². The average Bonchev–Trinajstić information content (AvgIpc) is 2.22. The second-order valence-corrected chi connectivity index (χ2v) is 3.96. The van der Waals surface area contributed by atoms with Crippen molar-refractivity contribution in [1.82, 2.24) is 0 Å². The number of rotatable bonds is 6. The first-order valence-corrected chi connectivity index (χ1v) is 5.75. The van der Waals surface area contributed by atoms with Gasteiger partial charge in [-0.25, -0.2) is 0 Å². The van der Waals surface area contributed by atoms with Gasteiger partial charge in [0.2, 0.25) is 0 Å². The lowest BCUT2D eigenvalue weighted by atomic mass is 10.1. The number of anilines is 1. The van der Waals surface area contributed by atoms with Crippen LogP contribution in [0.2, 0.25) is 0 Å². The van der Waals surface area contributed by atoms with Crippen LogP contribution >= 0.6 is 0 Å². The Morgan fingerprint density at radius 2 is 2.00 bits per heavy atom. The molecule has 1 rings (SSSR count). The van der Waals surface area contributed by atoms with Crippen molar-refractivity contribution >= 4 is 5.69 Å². The van der Waals surface area contributed by atoms with Crippen molar-refractivity contribution in [3.8, 4) is 5.75 Å². The van der Waals surface area contributed by atoms with Crippen LogP contribution in [0.3, 0.4) is 0 Å². The molecule has 0 saturated heterocycles. The molecular formula is C13H21NO. The number of nitrogen functional groups attached to an aromatic ring is 1. The molecule has 0 bridgehead atoms. The second-order valence-electron chi connectivity index (χ2n) is 3.96. The van der Waals surface area contributed by atoms with E-state index in [1.54, 1.807) is 0 Å². The SMILES string of the molecule is CCCCCC(C)Oc1ccccc1N. The zero-order valence-electron chi connectivity index (χ0n) is 9.70. The van der Waals surface area contributed by atoms with Gasteiger partial charge in [-0.15, -0.1) is 0 Å². The first-order valence-electron chi connectivity index (χ1n) is 5.75. The van der Waals surface area contributed by atoms with Crippen LogP contribution in [0.1, 0.15) is 39.5 Å². The van der Waals surface area contributed by atoms with Crippen molar-refractivity contribution in [1.29, 1.82) is 0 Å². The molecule has 0 spiro atoms. The fourth-order valence-electron chi connectivity index (χ4n) is 1.55. The van der Waals surface area contributed by atoms with Gasteiger partial charge in [-0.05, 0) is 31.9 Å². The van der Waals surface area contributed by atoms with E-state index < -0.39 is 0 Å². The lowest BCUT2D eigenvalue weighted by Crippen LogP contribution is -2.12. The molecule has 0 aliphatic rings. The zero-order valence-corrected chi connectivity index (χ0v) is 9.70. The number of ether oxygens (including phenoxy) is 1. The van der Waals surface area contributed by atoms with Gasteiger partial charge in [-0.1, -0.05) is 31.9 Å². The van der Waals surface area contributed by atoms with Crippen LogP contribution in [-0.2, 0) is 0 Å². The van der Waals surface area contributed by atoms with Gasteiger partial charge in [0.25, 0.3) is 0 Å². The Bertz CT molecular complexity index is 286. The molecule has 0 saturated carbocycles.